The van der Waals surface area contributed by atoms with Crippen molar-refractivity contribution in [3.05, 3.63) is 12.7 Å². The molecular weight excluding hydrogens is 210 g/mol. The number of hydrogen-bond donors (Lipinski definition) is 2. The Morgan fingerprint density at radius 2 is 2.19 bits per heavy atom. The molecule has 1 atom stereocenters. The summed E-state index contributed by atoms with van der Waals surface area (Å²) in [6.07, 6.45) is 3.86. The summed E-state index contributed by atoms with van der Waals surface area (Å²) in [6, 6.07) is -0.871. The van der Waals surface area contributed by atoms with Crippen LogP contribution in [0.2, 0.25) is 0 Å². The number of amides is 1. The number of ether oxygens (including phenoxy) is 1. The highest BCUT2D eigenvalue weighted by molar-refractivity contribution is 5.79. The number of rotatable bonds is 8. The van der Waals surface area contributed by atoms with Crippen LogP contribution in [0.3, 0.4) is 0 Å². The zero-order valence-electron chi connectivity index (χ0n) is 9.57. The van der Waals surface area contributed by atoms with Crippen molar-refractivity contribution in [1.29, 1.82) is 0 Å². The second-order valence-corrected chi connectivity index (χ2v) is 3.42. The van der Waals surface area contributed by atoms with Gasteiger partial charge in [0.25, 0.3) is 0 Å². The van der Waals surface area contributed by atoms with E-state index >= 15 is 0 Å². The van der Waals surface area contributed by atoms with Gasteiger partial charge < -0.3 is 15.2 Å². The molecule has 0 aromatic heterocycles. The standard InChI is InChI=1S/C11H19NO4/c1-3-5-6-7-9(10(13)14)12-11(15)16-8-4-2/h4,9H,2-3,5-8H2,1H3,(H,12,15)(H,13,14). The molecule has 0 aliphatic heterocycles. The Morgan fingerprint density at radius 3 is 2.69 bits per heavy atom. The first kappa shape index (κ1) is 14.5. The van der Waals surface area contributed by atoms with Crippen molar-refractivity contribution in [2.24, 2.45) is 0 Å². The monoisotopic (exact) mass is 229 g/mol. The molecule has 0 aliphatic rings. The first-order valence-corrected chi connectivity index (χ1v) is 5.38. The van der Waals surface area contributed by atoms with Gasteiger partial charge in [-0.2, -0.15) is 0 Å². The summed E-state index contributed by atoms with van der Waals surface area (Å²) >= 11 is 0. The second-order valence-electron chi connectivity index (χ2n) is 3.42. The van der Waals surface area contributed by atoms with Crippen molar-refractivity contribution < 1.29 is 19.4 Å². The highest BCUT2D eigenvalue weighted by Crippen LogP contribution is 2.04. The fourth-order valence-electron chi connectivity index (χ4n) is 1.17. The van der Waals surface area contributed by atoms with Crippen molar-refractivity contribution >= 4 is 12.1 Å². The van der Waals surface area contributed by atoms with Crippen molar-refractivity contribution in [2.75, 3.05) is 6.61 Å². The average Bonchev–Trinajstić information content (AvgIpc) is 2.25. The normalized spacial score (nSPS) is 11.6. The van der Waals surface area contributed by atoms with Crippen molar-refractivity contribution in [2.45, 2.75) is 38.6 Å². The van der Waals surface area contributed by atoms with Gasteiger partial charge in [-0.05, 0) is 6.42 Å². The van der Waals surface area contributed by atoms with Gasteiger partial charge in [0.2, 0.25) is 0 Å². The average molecular weight is 229 g/mol. The van der Waals surface area contributed by atoms with Gasteiger partial charge >= 0.3 is 12.1 Å². The van der Waals surface area contributed by atoms with E-state index in [1.807, 2.05) is 6.92 Å². The van der Waals surface area contributed by atoms with E-state index in [4.69, 9.17) is 5.11 Å². The second kappa shape index (κ2) is 8.76. The first-order chi connectivity index (χ1) is 7.61. The summed E-state index contributed by atoms with van der Waals surface area (Å²) in [5, 5.41) is 11.2. The molecule has 0 aromatic carbocycles. The molecule has 0 bridgehead atoms. The minimum Gasteiger partial charge on any atom is -0.480 e. The lowest BCUT2D eigenvalue weighted by Crippen LogP contribution is -2.41. The molecule has 0 aliphatic carbocycles. The van der Waals surface area contributed by atoms with Gasteiger partial charge in [-0.3, -0.25) is 0 Å². The summed E-state index contributed by atoms with van der Waals surface area (Å²) in [5.41, 5.74) is 0. The van der Waals surface area contributed by atoms with Gasteiger partial charge in [-0.25, -0.2) is 9.59 Å². The van der Waals surface area contributed by atoms with E-state index in [0.29, 0.717) is 6.42 Å². The number of hydrogen-bond acceptors (Lipinski definition) is 3. The predicted octanol–water partition coefficient (Wildman–Crippen LogP) is 1.93. The molecule has 0 fully saturated rings. The molecule has 5 heteroatoms. The minimum atomic E-state index is -1.04. The van der Waals surface area contributed by atoms with E-state index in [9.17, 15) is 9.59 Å². The van der Waals surface area contributed by atoms with Crippen LogP contribution >= 0.6 is 0 Å². The molecular formula is C11H19NO4. The molecule has 0 rings (SSSR count). The number of nitrogens with one attached hydrogen (secondary N) is 1. The van der Waals surface area contributed by atoms with E-state index < -0.39 is 18.1 Å². The van der Waals surface area contributed by atoms with E-state index in [-0.39, 0.29) is 6.61 Å². The molecule has 1 unspecified atom stereocenters. The van der Waals surface area contributed by atoms with E-state index in [0.717, 1.165) is 19.3 Å². The van der Waals surface area contributed by atoms with Crippen LogP contribution in [0.1, 0.15) is 32.6 Å². The fraction of sp³-hybridized carbons (Fsp3) is 0.636. The summed E-state index contributed by atoms with van der Waals surface area (Å²) in [6.45, 7) is 5.49. The van der Waals surface area contributed by atoms with Gasteiger partial charge in [0.1, 0.15) is 12.6 Å². The Hall–Kier alpha value is -1.52. The van der Waals surface area contributed by atoms with Crippen molar-refractivity contribution in [1.82, 2.24) is 5.32 Å². The maximum absolute atomic E-state index is 11.1. The number of carboxylic acid groups (broad SMARTS) is 1. The summed E-state index contributed by atoms with van der Waals surface area (Å²) < 4.78 is 4.65. The molecule has 0 radical (unpaired) electrons. The molecule has 0 heterocycles. The molecule has 2 N–H and O–H groups in total. The lowest BCUT2D eigenvalue weighted by molar-refractivity contribution is -0.139. The Bertz CT molecular complexity index is 240. The van der Waals surface area contributed by atoms with E-state index in [2.05, 4.69) is 16.6 Å². The maximum atomic E-state index is 11.1. The van der Waals surface area contributed by atoms with Crippen LogP contribution in [-0.2, 0) is 9.53 Å². The predicted molar refractivity (Wildman–Crippen MR) is 60.2 cm³/mol. The molecule has 0 saturated heterocycles. The summed E-state index contributed by atoms with van der Waals surface area (Å²) in [5.74, 6) is -1.04. The van der Waals surface area contributed by atoms with Crippen LogP contribution in [0, 0.1) is 0 Å². The van der Waals surface area contributed by atoms with Crippen LogP contribution in [-0.4, -0.2) is 29.8 Å². The highest BCUT2D eigenvalue weighted by atomic mass is 16.5. The molecule has 92 valence electrons. The van der Waals surface area contributed by atoms with Crippen LogP contribution in [0.4, 0.5) is 4.79 Å². The minimum absolute atomic E-state index is 0.0765. The largest absolute Gasteiger partial charge is 0.480 e. The number of unbranched alkanes of at least 4 members (excludes halogenated alkanes) is 2. The number of alkyl carbamates (subject to hydrolysis) is 1. The van der Waals surface area contributed by atoms with E-state index in [1.54, 1.807) is 0 Å². The van der Waals surface area contributed by atoms with Gasteiger partial charge in [-0.1, -0.05) is 38.8 Å². The third-order valence-electron chi connectivity index (χ3n) is 2.02. The number of carbonyl (C=O) groups excluding carboxylic acids is 1. The smallest absolute Gasteiger partial charge is 0.408 e. The molecule has 0 spiro atoms. The Labute approximate surface area is 95.5 Å². The van der Waals surface area contributed by atoms with E-state index in [1.165, 1.54) is 6.08 Å². The zero-order valence-corrected chi connectivity index (χ0v) is 9.57. The fourth-order valence-corrected chi connectivity index (χ4v) is 1.17. The number of carboxylic acids is 1. The van der Waals surface area contributed by atoms with Crippen molar-refractivity contribution in [3.8, 4) is 0 Å². The SMILES string of the molecule is C=CCOC(=O)NC(CCCCC)C(=O)O. The maximum Gasteiger partial charge on any atom is 0.408 e. The lowest BCUT2D eigenvalue weighted by atomic mass is 10.1. The molecule has 5 nitrogen and oxygen atoms in total. The van der Waals surface area contributed by atoms with Gasteiger partial charge in [0, 0.05) is 0 Å². The Kier molecular flexibility index (Phi) is 7.93. The molecule has 1 amide bonds. The lowest BCUT2D eigenvalue weighted by Gasteiger charge is -2.13. The number of carbonyl (C=O) groups is 2. The topological polar surface area (TPSA) is 75.6 Å². The summed E-state index contributed by atoms with van der Waals surface area (Å²) in [7, 11) is 0. The zero-order chi connectivity index (χ0) is 12.4. The van der Waals surface area contributed by atoms with Crippen LogP contribution in [0.25, 0.3) is 0 Å². The Balaban J connectivity index is 3.96. The molecule has 0 saturated carbocycles. The Morgan fingerprint density at radius 1 is 1.50 bits per heavy atom. The van der Waals surface area contributed by atoms with Crippen LogP contribution in [0.15, 0.2) is 12.7 Å². The first-order valence-electron chi connectivity index (χ1n) is 5.38. The molecule has 16 heavy (non-hydrogen) atoms. The third kappa shape index (κ3) is 6.86. The van der Waals surface area contributed by atoms with Crippen LogP contribution < -0.4 is 5.32 Å². The van der Waals surface area contributed by atoms with Crippen LogP contribution in [0.5, 0.6) is 0 Å². The van der Waals surface area contributed by atoms with Gasteiger partial charge in [0.15, 0.2) is 0 Å². The van der Waals surface area contributed by atoms with Crippen molar-refractivity contribution in [3.63, 3.8) is 0 Å². The van der Waals surface area contributed by atoms with Gasteiger partial charge in [0.05, 0.1) is 0 Å². The third-order valence-corrected chi connectivity index (χ3v) is 2.02. The quantitative estimate of drug-likeness (QED) is 0.492. The van der Waals surface area contributed by atoms with Gasteiger partial charge in [-0.15, -0.1) is 0 Å². The summed E-state index contributed by atoms with van der Waals surface area (Å²) in [4.78, 5) is 21.9. The highest BCUT2D eigenvalue weighted by Gasteiger charge is 2.19. The molecule has 0 aromatic rings. The number of aliphatic carboxylic acids is 1.